The lowest BCUT2D eigenvalue weighted by molar-refractivity contribution is -0.119. The third-order valence-corrected chi connectivity index (χ3v) is 2.41. The summed E-state index contributed by atoms with van der Waals surface area (Å²) < 4.78 is 5.54. The Labute approximate surface area is 101 Å². The van der Waals surface area contributed by atoms with E-state index in [0.29, 0.717) is 12.2 Å². The minimum absolute atomic E-state index is 0.0630. The summed E-state index contributed by atoms with van der Waals surface area (Å²) in [6.45, 7) is 6.22. The molecule has 0 saturated carbocycles. The van der Waals surface area contributed by atoms with E-state index in [2.05, 4.69) is 5.32 Å². The van der Waals surface area contributed by atoms with E-state index in [1.807, 2.05) is 51.1 Å². The fourth-order valence-electron chi connectivity index (χ4n) is 1.67. The van der Waals surface area contributed by atoms with Crippen molar-refractivity contribution in [2.45, 2.75) is 26.3 Å². The zero-order valence-corrected chi connectivity index (χ0v) is 10.4. The van der Waals surface area contributed by atoms with Gasteiger partial charge in [-0.05, 0) is 32.9 Å². The SMILES string of the molecule is CC(C)(C)NC(=O)C1=Cc2ccccc2OC1. The van der Waals surface area contributed by atoms with Crippen molar-refractivity contribution in [1.82, 2.24) is 5.32 Å². The van der Waals surface area contributed by atoms with Crippen LogP contribution in [0.15, 0.2) is 29.8 Å². The summed E-state index contributed by atoms with van der Waals surface area (Å²) in [5.41, 5.74) is 1.39. The van der Waals surface area contributed by atoms with Crippen molar-refractivity contribution in [1.29, 1.82) is 0 Å². The van der Waals surface area contributed by atoms with Crippen LogP contribution in [-0.2, 0) is 4.79 Å². The molecule has 0 bridgehead atoms. The Morgan fingerprint density at radius 2 is 2.00 bits per heavy atom. The summed E-state index contributed by atoms with van der Waals surface area (Å²) in [6.07, 6.45) is 1.89. The molecule has 1 aliphatic heterocycles. The Kier molecular flexibility index (Phi) is 2.92. The summed E-state index contributed by atoms with van der Waals surface area (Å²) in [6, 6.07) is 7.71. The van der Waals surface area contributed by atoms with Gasteiger partial charge in [-0.25, -0.2) is 0 Å². The molecule has 0 atom stereocenters. The molecular formula is C14H17NO2. The lowest BCUT2D eigenvalue weighted by Gasteiger charge is -2.23. The van der Waals surface area contributed by atoms with Gasteiger partial charge < -0.3 is 10.1 Å². The van der Waals surface area contributed by atoms with Crippen molar-refractivity contribution < 1.29 is 9.53 Å². The lowest BCUT2D eigenvalue weighted by atomic mass is 10.0. The number of ether oxygens (including phenoxy) is 1. The number of carbonyl (C=O) groups excluding carboxylic acids is 1. The van der Waals surface area contributed by atoms with Gasteiger partial charge in [-0.1, -0.05) is 18.2 Å². The lowest BCUT2D eigenvalue weighted by Crippen LogP contribution is -2.42. The van der Waals surface area contributed by atoms with Crippen molar-refractivity contribution in [3.8, 4) is 5.75 Å². The molecule has 0 radical (unpaired) electrons. The number of fused-ring (bicyclic) bond motifs is 1. The van der Waals surface area contributed by atoms with Crippen molar-refractivity contribution >= 4 is 12.0 Å². The predicted octanol–water partition coefficient (Wildman–Crippen LogP) is 2.38. The van der Waals surface area contributed by atoms with E-state index in [9.17, 15) is 4.79 Å². The minimum atomic E-state index is -0.227. The molecule has 0 aromatic heterocycles. The molecule has 1 N–H and O–H groups in total. The molecule has 0 fully saturated rings. The third kappa shape index (κ3) is 2.87. The van der Waals surface area contributed by atoms with Crippen LogP contribution in [0.1, 0.15) is 26.3 Å². The van der Waals surface area contributed by atoms with Crippen LogP contribution in [0.4, 0.5) is 0 Å². The fraction of sp³-hybridized carbons (Fsp3) is 0.357. The summed E-state index contributed by atoms with van der Waals surface area (Å²) in [5.74, 6) is 0.770. The first-order valence-electron chi connectivity index (χ1n) is 5.71. The Morgan fingerprint density at radius 3 is 2.71 bits per heavy atom. The van der Waals surface area contributed by atoms with E-state index in [-0.39, 0.29) is 11.4 Å². The largest absolute Gasteiger partial charge is 0.488 e. The standard InChI is InChI=1S/C14H17NO2/c1-14(2,3)15-13(16)11-8-10-6-4-5-7-12(10)17-9-11/h4-8H,9H2,1-3H3,(H,15,16). The van der Waals surface area contributed by atoms with Gasteiger partial charge in [-0.3, -0.25) is 4.79 Å². The molecule has 1 aromatic rings. The average molecular weight is 231 g/mol. The molecule has 0 aliphatic carbocycles. The van der Waals surface area contributed by atoms with Gasteiger partial charge in [-0.15, -0.1) is 0 Å². The molecule has 3 nitrogen and oxygen atoms in total. The Balaban J connectivity index is 2.20. The van der Waals surface area contributed by atoms with E-state index in [0.717, 1.165) is 11.3 Å². The van der Waals surface area contributed by atoms with E-state index in [4.69, 9.17) is 4.74 Å². The van der Waals surface area contributed by atoms with Gasteiger partial charge in [0.05, 0.1) is 5.57 Å². The normalized spacial score (nSPS) is 14.4. The highest BCUT2D eigenvalue weighted by atomic mass is 16.5. The van der Waals surface area contributed by atoms with Gasteiger partial charge >= 0.3 is 0 Å². The van der Waals surface area contributed by atoms with Gasteiger partial charge in [0.2, 0.25) is 0 Å². The summed E-state index contributed by atoms with van der Waals surface area (Å²) >= 11 is 0. The van der Waals surface area contributed by atoms with E-state index >= 15 is 0 Å². The topological polar surface area (TPSA) is 38.3 Å². The second-order valence-electron chi connectivity index (χ2n) is 5.20. The number of carbonyl (C=O) groups is 1. The summed E-state index contributed by atoms with van der Waals surface area (Å²) in [4.78, 5) is 12.0. The zero-order chi connectivity index (χ0) is 12.5. The molecule has 17 heavy (non-hydrogen) atoms. The van der Waals surface area contributed by atoms with Gasteiger partial charge in [0.15, 0.2) is 0 Å². The van der Waals surface area contributed by atoms with E-state index in [1.165, 1.54) is 0 Å². The highest BCUT2D eigenvalue weighted by Crippen LogP contribution is 2.25. The maximum atomic E-state index is 12.0. The first kappa shape index (κ1) is 11.7. The molecule has 2 rings (SSSR count). The van der Waals surface area contributed by atoms with Crippen molar-refractivity contribution in [2.24, 2.45) is 0 Å². The smallest absolute Gasteiger partial charge is 0.251 e. The molecule has 1 amide bonds. The minimum Gasteiger partial charge on any atom is -0.488 e. The second kappa shape index (κ2) is 4.24. The Morgan fingerprint density at radius 1 is 1.29 bits per heavy atom. The first-order chi connectivity index (χ1) is 7.96. The molecule has 90 valence electrons. The number of nitrogens with one attached hydrogen (secondary N) is 1. The Hall–Kier alpha value is -1.77. The van der Waals surface area contributed by atoms with E-state index < -0.39 is 0 Å². The van der Waals surface area contributed by atoms with Crippen LogP contribution in [0, 0.1) is 0 Å². The van der Waals surface area contributed by atoms with Gasteiger partial charge in [-0.2, -0.15) is 0 Å². The third-order valence-electron chi connectivity index (χ3n) is 2.41. The molecular weight excluding hydrogens is 214 g/mol. The van der Waals surface area contributed by atoms with Crippen LogP contribution in [0.2, 0.25) is 0 Å². The quantitative estimate of drug-likeness (QED) is 0.805. The highest BCUT2D eigenvalue weighted by Gasteiger charge is 2.20. The fourth-order valence-corrected chi connectivity index (χ4v) is 1.67. The maximum Gasteiger partial charge on any atom is 0.251 e. The molecule has 0 saturated heterocycles. The number of benzene rings is 1. The maximum absolute atomic E-state index is 12.0. The summed E-state index contributed by atoms with van der Waals surface area (Å²) in [5, 5.41) is 2.93. The van der Waals surface area contributed by atoms with Crippen LogP contribution in [-0.4, -0.2) is 18.1 Å². The molecule has 0 unspecified atom stereocenters. The highest BCUT2D eigenvalue weighted by molar-refractivity contribution is 5.99. The monoisotopic (exact) mass is 231 g/mol. The van der Waals surface area contributed by atoms with Crippen LogP contribution in [0.3, 0.4) is 0 Å². The van der Waals surface area contributed by atoms with Crippen LogP contribution < -0.4 is 10.1 Å². The van der Waals surface area contributed by atoms with Crippen molar-refractivity contribution in [3.05, 3.63) is 35.4 Å². The van der Waals surface area contributed by atoms with Crippen molar-refractivity contribution in [2.75, 3.05) is 6.61 Å². The van der Waals surface area contributed by atoms with Crippen LogP contribution in [0.5, 0.6) is 5.75 Å². The molecule has 1 heterocycles. The number of hydrogen-bond donors (Lipinski definition) is 1. The second-order valence-corrected chi connectivity index (χ2v) is 5.20. The average Bonchev–Trinajstić information content (AvgIpc) is 2.26. The van der Waals surface area contributed by atoms with Gasteiger partial charge in [0.1, 0.15) is 12.4 Å². The van der Waals surface area contributed by atoms with Crippen LogP contribution >= 0.6 is 0 Å². The molecule has 1 aliphatic rings. The summed E-state index contributed by atoms with van der Waals surface area (Å²) in [7, 11) is 0. The predicted molar refractivity (Wildman–Crippen MR) is 67.8 cm³/mol. The number of rotatable bonds is 1. The zero-order valence-electron chi connectivity index (χ0n) is 10.4. The number of amides is 1. The van der Waals surface area contributed by atoms with Crippen LogP contribution in [0.25, 0.3) is 6.08 Å². The number of para-hydroxylation sites is 1. The number of hydrogen-bond acceptors (Lipinski definition) is 2. The van der Waals surface area contributed by atoms with E-state index in [1.54, 1.807) is 0 Å². The van der Waals surface area contributed by atoms with Gasteiger partial charge in [0, 0.05) is 11.1 Å². The molecule has 1 aromatic carbocycles. The van der Waals surface area contributed by atoms with Crippen molar-refractivity contribution in [3.63, 3.8) is 0 Å². The first-order valence-corrected chi connectivity index (χ1v) is 5.71. The molecule has 0 spiro atoms. The van der Waals surface area contributed by atoms with Gasteiger partial charge in [0.25, 0.3) is 5.91 Å². The molecule has 3 heteroatoms. The Bertz CT molecular complexity index is 469.